The Labute approximate surface area is 247 Å². The number of allylic oxidation sites excluding steroid dienone is 2. The summed E-state index contributed by atoms with van der Waals surface area (Å²) in [4.78, 5) is 30.0. The van der Waals surface area contributed by atoms with Crippen LogP contribution in [0.4, 0.5) is 4.79 Å². The van der Waals surface area contributed by atoms with Crippen molar-refractivity contribution in [3.8, 4) is 0 Å². The number of benzene rings is 2. The molecule has 1 spiro atoms. The number of carbonyl (C=O) groups excluding carboxylic acids is 2. The molecule has 1 saturated carbocycles. The zero-order valence-corrected chi connectivity index (χ0v) is 25.3. The molecule has 1 aromatic heterocycles. The summed E-state index contributed by atoms with van der Waals surface area (Å²) in [6.07, 6.45) is 7.99. The minimum Gasteiger partial charge on any atom is -0.440 e. The van der Waals surface area contributed by atoms with Crippen LogP contribution in [0.25, 0.3) is 10.1 Å². The number of ketones is 1. The van der Waals surface area contributed by atoms with E-state index >= 15 is 0 Å². The van der Waals surface area contributed by atoms with E-state index in [0.29, 0.717) is 25.9 Å². The molecule has 41 heavy (non-hydrogen) atoms. The van der Waals surface area contributed by atoms with Crippen LogP contribution in [0.2, 0.25) is 0 Å². The van der Waals surface area contributed by atoms with E-state index in [-0.39, 0.29) is 23.2 Å². The molecular weight excluding hydrogens is 530 g/mol. The number of rotatable bonds is 4. The quantitative estimate of drug-likeness (QED) is 0.254. The highest BCUT2D eigenvalue weighted by Crippen LogP contribution is 2.61. The van der Waals surface area contributed by atoms with Crippen LogP contribution in [0.1, 0.15) is 98.0 Å². The van der Waals surface area contributed by atoms with Gasteiger partial charge in [0.1, 0.15) is 5.60 Å². The van der Waals surface area contributed by atoms with Crippen LogP contribution < -0.4 is 0 Å². The lowest BCUT2D eigenvalue weighted by molar-refractivity contribution is -0.0373. The van der Waals surface area contributed by atoms with Gasteiger partial charge >= 0.3 is 6.09 Å². The van der Waals surface area contributed by atoms with Crippen molar-refractivity contribution < 1.29 is 19.4 Å². The number of hydrogen-bond donors (Lipinski definition) is 1. The van der Waals surface area contributed by atoms with Crippen molar-refractivity contribution in [2.75, 3.05) is 13.1 Å². The van der Waals surface area contributed by atoms with Gasteiger partial charge in [0.25, 0.3) is 0 Å². The summed E-state index contributed by atoms with van der Waals surface area (Å²) in [6, 6.07) is 16.4. The van der Waals surface area contributed by atoms with E-state index in [9.17, 15) is 14.7 Å². The predicted molar refractivity (Wildman–Crippen MR) is 165 cm³/mol. The number of fused-ring (bicyclic) bond motifs is 9. The average Bonchev–Trinajstić information content (AvgIpc) is 3.61. The summed E-state index contributed by atoms with van der Waals surface area (Å²) in [5.74, 6) is 0.112. The van der Waals surface area contributed by atoms with Crippen molar-refractivity contribution in [1.29, 1.82) is 0 Å². The standard InChI is InChI=1S/C35H41NO4S/c1-4-18-36-22-35(40-33(36)39)17-15-29-27-14-12-24(19-26(37)13-11-23(2)8-7-16-34(29,35)3)20-28(27)32(38)31-21-25-9-5-6-10-30(25)41-31/h5-6,8-10,12,14,20-21,26,29,37H,4,7,11,13,15-19,22H2,1-3H3. The maximum absolute atomic E-state index is 14.3. The van der Waals surface area contributed by atoms with Crippen LogP contribution in [0.5, 0.6) is 0 Å². The second kappa shape index (κ2) is 11.0. The SMILES string of the molecule is CCCN1CC2(CCC3c4ccc(cc4C(=O)c4cc5ccccc5s4)CC(O)CCC(C)=CCCC32C)OC1=O. The highest BCUT2D eigenvalue weighted by molar-refractivity contribution is 7.21. The Bertz CT molecular complexity index is 1470. The van der Waals surface area contributed by atoms with Gasteiger partial charge < -0.3 is 14.7 Å². The van der Waals surface area contributed by atoms with Gasteiger partial charge in [-0.05, 0) is 98.9 Å². The molecule has 1 aliphatic heterocycles. The third-order valence-electron chi connectivity index (χ3n) is 10.0. The topological polar surface area (TPSA) is 66.8 Å². The van der Waals surface area contributed by atoms with Crippen molar-refractivity contribution in [3.05, 3.63) is 81.7 Å². The van der Waals surface area contributed by atoms with E-state index in [1.165, 1.54) is 5.57 Å². The zero-order chi connectivity index (χ0) is 28.8. The second-order valence-corrected chi connectivity index (χ2v) is 13.8. The molecule has 2 heterocycles. The van der Waals surface area contributed by atoms with Crippen molar-refractivity contribution in [2.45, 2.75) is 89.8 Å². The molecule has 4 aliphatic rings. The van der Waals surface area contributed by atoms with E-state index < -0.39 is 11.7 Å². The lowest BCUT2D eigenvalue weighted by Crippen LogP contribution is -2.48. The summed E-state index contributed by atoms with van der Waals surface area (Å²) in [5, 5.41) is 11.9. The van der Waals surface area contributed by atoms with Gasteiger partial charge in [0.05, 0.1) is 17.5 Å². The lowest BCUT2D eigenvalue weighted by Gasteiger charge is -2.43. The van der Waals surface area contributed by atoms with E-state index in [4.69, 9.17) is 4.74 Å². The van der Waals surface area contributed by atoms with Gasteiger partial charge in [-0.3, -0.25) is 4.79 Å². The van der Waals surface area contributed by atoms with Gasteiger partial charge in [0, 0.05) is 22.2 Å². The predicted octanol–water partition coefficient (Wildman–Crippen LogP) is 8.04. The molecule has 3 aliphatic carbocycles. The van der Waals surface area contributed by atoms with Gasteiger partial charge in [0.2, 0.25) is 5.78 Å². The average molecular weight is 572 g/mol. The molecule has 2 fully saturated rings. The summed E-state index contributed by atoms with van der Waals surface area (Å²) < 4.78 is 7.48. The van der Waals surface area contributed by atoms with Crippen molar-refractivity contribution >= 4 is 33.3 Å². The van der Waals surface area contributed by atoms with Crippen LogP contribution in [-0.2, 0) is 11.2 Å². The summed E-state index contributed by atoms with van der Waals surface area (Å²) in [6.45, 7) is 7.86. The molecular formula is C35H41NO4S. The van der Waals surface area contributed by atoms with Crippen molar-refractivity contribution in [1.82, 2.24) is 4.90 Å². The first kappa shape index (κ1) is 28.2. The van der Waals surface area contributed by atoms with Gasteiger partial charge in [-0.15, -0.1) is 11.3 Å². The lowest BCUT2D eigenvalue weighted by atomic mass is 9.65. The largest absolute Gasteiger partial charge is 0.440 e. The molecule has 2 bridgehead atoms. The molecule has 4 atom stereocenters. The Hall–Kier alpha value is -2.96. The van der Waals surface area contributed by atoms with Crippen LogP contribution in [0.3, 0.4) is 0 Å². The molecule has 4 unspecified atom stereocenters. The first-order chi connectivity index (χ1) is 19.7. The number of aliphatic hydroxyl groups excluding tert-OH is 1. The van der Waals surface area contributed by atoms with E-state index in [2.05, 4.69) is 51.1 Å². The summed E-state index contributed by atoms with van der Waals surface area (Å²) in [7, 11) is 0. The Kier molecular flexibility index (Phi) is 7.58. The molecule has 7 rings (SSSR count). The fourth-order valence-electron chi connectivity index (χ4n) is 7.65. The normalized spacial score (nSPS) is 28.5. The molecule has 5 nitrogen and oxygen atoms in total. The van der Waals surface area contributed by atoms with Gasteiger partial charge in [0.15, 0.2) is 0 Å². The maximum atomic E-state index is 14.3. The minimum absolute atomic E-state index is 0.0414. The number of hydrogen-bond acceptors (Lipinski definition) is 5. The van der Waals surface area contributed by atoms with Crippen LogP contribution >= 0.6 is 11.3 Å². The van der Waals surface area contributed by atoms with E-state index in [0.717, 1.165) is 70.2 Å². The zero-order valence-electron chi connectivity index (χ0n) is 24.4. The molecule has 1 N–H and O–H groups in total. The first-order valence-electron chi connectivity index (χ1n) is 15.2. The smallest absolute Gasteiger partial charge is 0.410 e. The Morgan fingerprint density at radius 2 is 1.98 bits per heavy atom. The molecule has 3 aromatic rings. The second-order valence-electron chi connectivity index (χ2n) is 12.7. The third-order valence-corrected chi connectivity index (χ3v) is 11.1. The number of amides is 1. The van der Waals surface area contributed by atoms with E-state index in [1.807, 2.05) is 29.2 Å². The van der Waals surface area contributed by atoms with Crippen molar-refractivity contribution in [2.24, 2.45) is 5.41 Å². The number of aliphatic hydroxyl groups is 1. The Morgan fingerprint density at radius 3 is 2.78 bits per heavy atom. The molecule has 2 aromatic carbocycles. The molecule has 0 radical (unpaired) electrons. The Balaban J connectivity index is 1.47. The highest BCUT2D eigenvalue weighted by Gasteiger charge is 2.63. The van der Waals surface area contributed by atoms with Crippen LogP contribution in [0.15, 0.2) is 60.2 Å². The van der Waals surface area contributed by atoms with Crippen LogP contribution in [0, 0.1) is 5.41 Å². The Morgan fingerprint density at radius 1 is 1.15 bits per heavy atom. The number of carbonyl (C=O) groups is 2. The summed E-state index contributed by atoms with van der Waals surface area (Å²) in [5.41, 5.74) is 3.15. The highest BCUT2D eigenvalue weighted by atomic mass is 32.1. The van der Waals surface area contributed by atoms with Crippen LogP contribution in [-0.4, -0.2) is 46.7 Å². The fourth-order valence-corrected chi connectivity index (χ4v) is 8.67. The first-order valence-corrected chi connectivity index (χ1v) is 16.0. The van der Waals surface area contributed by atoms with Gasteiger partial charge in [-0.1, -0.05) is 55.8 Å². The van der Waals surface area contributed by atoms with Gasteiger partial charge in [-0.2, -0.15) is 0 Å². The molecule has 1 amide bonds. The number of thiophene rings is 1. The van der Waals surface area contributed by atoms with Gasteiger partial charge in [-0.25, -0.2) is 4.79 Å². The monoisotopic (exact) mass is 571 g/mol. The van der Waals surface area contributed by atoms with E-state index in [1.54, 1.807) is 11.3 Å². The van der Waals surface area contributed by atoms with Crippen molar-refractivity contribution in [3.63, 3.8) is 0 Å². The molecule has 1 saturated heterocycles. The molecule has 6 heteroatoms. The number of ether oxygens (including phenoxy) is 1. The maximum Gasteiger partial charge on any atom is 0.410 e. The number of nitrogens with zero attached hydrogens (tertiary/aromatic N) is 1. The molecule has 216 valence electrons. The third kappa shape index (κ3) is 5.03. The fraction of sp³-hybridized carbons (Fsp3) is 0.486. The summed E-state index contributed by atoms with van der Waals surface area (Å²) >= 11 is 1.54. The minimum atomic E-state index is -0.574.